The number of carbonyl (C=O) groups excluding carboxylic acids is 1. The van der Waals surface area contributed by atoms with Gasteiger partial charge in [-0.25, -0.2) is 9.37 Å². The van der Waals surface area contributed by atoms with Crippen LogP contribution in [0.25, 0.3) is 22.3 Å². The number of nitrogens with zero attached hydrogens (tertiary/aromatic N) is 3. The van der Waals surface area contributed by atoms with Gasteiger partial charge in [0.15, 0.2) is 0 Å². The Morgan fingerprint density at radius 3 is 2.79 bits per heavy atom. The zero-order chi connectivity index (χ0) is 22.8. The number of halogens is 1. The number of nitrogens with one attached hydrogen (secondary N) is 3. The number of anilines is 2. The average molecular weight is 446 g/mol. The summed E-state index contributed by atoms with van der Waals surface area (Å²) in [5.74, 6) is 0.702. The summed E-state index contributed by atoms with van der Waals surface area (Å²) >= 11 is 0. The molecular weight excluding hydrogens is 423 g/mol. The van der Waals surface area contributed by atoms with E-state index in [2.05, 4.69) is 25.6 Å². The second-order valence-electron chi connectivity index (χ2n) is 7.76. The Labute approximate surface area is 189 Å². The van der Waals surface area contributed by atoms with Crippen molar-refractivity contribution in [3.63, 3.8) is 0 Å². The number of rotatable bonds is 5. The number of ether oxygens (including phenoxy) is 1. The normalized spacial score (nSPS) is 13.8. The highest BCUT2D eigenvalue weighted by Gasteiger charge is 2.19. The minimum Gasteiger partial charge on any atom is -0.495 e. The maximum Gasteiger partial charge on any atom is 0.254 e. The molecule has 1 fully saturated rings. The predicted molar refractivity (Wildman–Crippen MR) is 124 cm³/mol. The lowest BCUT2D eigenvalue weighted by atomic mass is 10.1. The summed E-state index contributed by atoms with van der Waals surface area (Å²) in [7, 11) is 1.56. The smallest absolute Gasteiger partial charge is 0.254 e. The predicted octanol–water partition coefficient (Wildman–Crippen LogP) is 3.56. The number of aromatic amines is 1. The highest BCUT2D eigenvalue weighted by molar-refractivity contribution is 5.95. The van der Waals surface area contributed by atoms with Crippen LogP contribution in [-0.4, -0.2) is 59.0 Å². The summed E-state index contributed by atoms with van der Waals surface area (Å²) in [6, 6.07) is 11.9. The van der Waals surface area contributed by atoms with Crippen LogP contribution in [0.2, 0.25) is 0 Å². The maximum absolute atomic E-state index is 14.1. The van der Waals surface area contributed by atoms with E-state index in [1.807, 2.05) is 11.0 Å². The van der Waals surface area contributed by atoms with Crippen molar-refractivity contribution in [2.24, 2.45) is 0 Å². The largest absolute Gasteiger partial charge is 0.495 e. The molecule has 4 aromatic rings. The van der Waals surface area contributed by atoms with Crippen molar-refractivity contribution in [1.82, 2.24) is 25.2 Å². The van der Waals surface area contributed by atoms with Gasteiger partial charge in [0, 0.05) is 42.6 Å². The van der Waals surface area contributed by atoms with Gasteiger partial charge >= 0.3 is 0 Å². The number of H-pyrrole nitrogens is 1. The molecule has 168 valence electrons. The molecule has 0 spiro atoms. The molecule has 1 aliphatic rings. The van der Waals surface area contributed by atoms with Crippen molar-refractivity contribution < 1.29 is 13.9 Å². The van der Waals surface area contributed by atoms with Crippen molar-refractivity contribution in [3.05, 3.63) is 66.2 Å². The number of carbonyl (C=O) groups is 1. The third kappa shape index (κ3) is 4.22. The Kier molecular flexibility index (Phi) is 5.62. The van der Waals surface area contributed by atoms with Crippen LogP contribution in [0.4, 0.5) is 15.9 Å². The van der Waals surface area contributed by atoms with Crippen LogP contribution in [0.5, 0.6) is 5.75 Å². The van der Waals surface area contributed by atoms with E-state index in [4.69, 9.17) is 4.74 Å². The van der Waals surface area contributed by atoms with Crippen molar-refractivity contribution in [2.45, 2.75) is 0 Å². The number of piperazine rings is 1. The first-order valence-corrected chi connectivity index (χ1v) is 10.7. The average Bonchev–Trinajstić information content (AvgIpc) is 3.30. The fraction of sp³-hybridized carbons (Fsp3) is 0.208. The molecule has 33 heavy (non-hydrogen) atoms. The lowest BCUT2D eigenvalue weighted by Gasteiger charge is -2.27. The second kappa shape index (κ2) is 8.87. The molecule has 0 saturated carbocycles. The molecule has 9 heteroatoms. The molecule has 2 aromatic carbocycles. The van der Waals surface area contributed by atoms with Gasteiger partial charge in [-0.2, -0.15) is 0 Å². The van der Waals surface area contributed by atoms with Gasteiger partial charge in [0.1, 0.15) is 23.1 Å². The number of benzene rings is 2. The first-order chi connectivity index (χ1) is 16.1. The molecule has 0 bridgehead atoms. The molecule has 0 unspecified atom stereocenters. The molecule has 1 amide bonds. The van der Waals surface area contributed by atoms with E-state index in [-0.39, 0.29) is 11.7 Å². The molecule has 1 aliphatic heterocycles. The van der Waals surface area contributed by atoms with Crippen molar-refractivity contribution >= 4 is 28.3 Å². The Morgan fingerprint density at radius 1 is 1.15 bits per heavy atom. The minimum atomic E-state index is -0.294. The highest BCUT2D eigenvalue weighted by Crippen LogP contribution is 2.30. The van der Waals surface area contributed by atoms with Crippen LogP contribution < -0.4 is 15.4 Å². The summed E-state index contributed by atoms with van der Waals surface area (Å²) in [5.41, 5.74) is 3.15. The van der Waals surface area contributed by atoms with Crippen LogP contribution >= 0.6 is 0 Å². The van der Waals surface area contributed by atoms with E-state index < -0.39 is 0 Å². The van der Waals surface area contributed by atoms with Crippen LogP contribution in [-0.2, 0) is 0 Å². The number of amides is 1. The number of hydrogen-bond acceptors (Lipinski definition) is 6. The minimum absolute atomic E-state index is 0.0193. The lowest BCUT2D eigenvalue weighted by molar-refractivity contribution is 0.0735. The van der Waals surface area contributed by atoms with Gasteiger partial charge < -0.3 is 25.3 Å². The van der Waals surface area contributed by atoms with E-state index in [0.29, 0.717) is 58.2 Å². The molecule has 0 aliphatic carbocycles. The maximum atomic E-state index is 14.1. The van der Waals surface area contributed by atoms with Crippen molar-refractivity contribution in [2.75, 3.05) is 38.6 Å². The van der Waals surface area contributed by atoms with Gasteiger partial charge in [0.05, 0.1) is 30.9 Å². The van der Waals surface area contributed by atoms with Gasteiger partial charge in [0.25, 0.3) is 5.91 Å². The number of hydrogen-bond donors (Lipinski definition) is 3. The Balaban J connectivity index is 1.39. The van der Waals surface area contributed by atoms with E-state index in [0.717, 1.165) is 13.1 Å². The third-order valence-corrected chi connectivity index (χ3v) is 5.64. The zero-order valence-corrected chi connectivity index (χ0v) is 18.1. The fourth-order valence-electron chi connectivity index (χ4n) is 3.93. The van der Waals surface area contributed by atoms with Crippen molar-refractivity contribution in [1.29, 1.82) is 0 Å². The summed E-state index contributed by atoms with van der Waals surface area (Å²) in [4.78, 5) is 26.7. The second-order valence-corrected chi connectivity index (χ2v) is 7.76. The molecule has 3 heterocycles. The van der Waals surface area contributed by atoms with Gasteiger partial charge in [0.2, 0.25) is 0 Å². The molecule has 3 N–H and O–H groups in total. The van der Waals surface area contributed by atoms with Gasteiger partial charge in [-0.1, -0.05) is 6.07 Å². The topological polar surface area (TPSA) is 95.2 Å². The molecule has 5 rings (SSSR count). The fourth-order valence-corrected chi connectivity index (χ4v) is 3.93. The van der Waals surface area contributed by atoms with Gasteiger partial charge in [-0.15, -0.1) is 0 Å². The quantitative estimate of drug-likeness (QED) is 0.434. The zero-order valence-electron chi connectivity index (χ0n) is 18.1. The van der Waals surface area contributed by atoms with Crippen LogP contribution in [0.3, 0.4) is 0 Å². The number of methoxy groups -OCH3 is 1. The molecule has 1 saturated heterocycles. The summed E-state index contributed by atoms with van der Waals surface area (Å²) in [5, 5.41) is 6.95. The molecule has 8 nitrogen and oxygen atoms in total. The van der Waals surface area contributed by atoms with E-state index >= 15 is 0 Å². The molecule has 0 atom stereocenters. The summed E-state index contributed by atoms with van der Waals surface area (Å²) in [6.45, 7) is 2.95. The van der Waals surface area contributed by atoms with Crippen LogP contribution in [0, 0.1) is 5.82 Å². The summed E-state index contributed by atoms with van der Waals surface area (Å²) < 4.78 is 19.6. The molecular formula is C24H23FN6O2. The van der Waals surface area contributed by atoms with Crippen molar-refractivity contribution in [3.8, 4) is 17.1 Å². The highest BCUT2D eigenvalue weighted by atomic mass is 19.1. The van der Waals surface area contributed by atoms with E-state index in [1.165, 1.54) is 6.07 Å². The van der Waals surface area contributed by atoms with Gasteiger partial charge in [-0.05, 0) is 36.4 Å². The summed E-state index contributed by atoms with van der Waals surface area (Å²) in [6.07, 6.45) is 3.20. The molecule has 2 aromatic heterocycles. The lowest BCUT2D eigenvalue weighted by Crippen LogP contribution is -2.46. The Hall–Kier alpha value is -3.98. The first kappa shape index (κ1) is 20.9. The van der Waals surface area contributed by atoms with Crippen LogP contribution in [0.15, 0.2) is 54.9 Å². The number of fused-ring (bicyclic) bond motifs is 1. The van der Waals surface area contributed by atoms with Crippen LogP contribution in [0.1, 0.15) is 10.4 Å². The van der Waals surface area contributed by atoms with Gasteiger partial charge in [-0.3, -0.25) is 9.78 Å². The molecule has 0 radical (unpaired) electrons. The monoisotopic (exact) mass is 446 g/mol. The Bertz CT molecular complexity index is 1320. The number of aromatic nitrogens is 3. The SMILES string of the molecule is COc1cc(C(=O)N2CCNCC2)ccc1Nc1cncc(-c2cc3c(F)cccc3[nH]2)n1. The first-order valence-electron chi connectivity index (χ1n) is 10.7. The Morgan fingerprint density at radius 2 is 2.00 bits per heavy atom. The van der Waals surface area contributed by atoms with E-state index in [9.17, 15) is 9.18 Å². The van der Waals surface area contributed by atoms with E-state index in [1.54, 1.807) is 49.8 Å². The standard InChI is InChI=1S/C24H23FN6O2/c1-33-22-11-15(24(32)31-9-7-26-8-10-31)5-6-19(22)29-23-14-27-13-21(30-23)20-12-16-17(25)3-2-4-18(16)28-20/h2-6,11-14,26,28H,7-10H2,1H3,(H,29,30). The third-order valence-electron chi connectivity index (χ3n) is 5.64.